The molecule has 0 aliphatic heterocycles. The number of phenols is 1. The summed E-state index contributed by atoms with van der Waals surface area (Å²) in [7, 11) is 5.45. The van der Waals surface area contributed by atoms with Gasteiger partial charge in [0.15, 0.2) is 5.75 Å². The van der Waals surface area contributed by atoms with Crippen LogP contribution in [0.1, 0.15) is 58.2 Å². The van der Waals surface area contributed by atoms with Gasteiger partial charge in [0, 0.05) is 20.9 Å². The van der Waals surface area contributed by atoms with Crippen LogP contribution in [0.25, 0.3) is 0 Å². The monoisotopic (exact) mass is 581 g/mol. The summed E-state index contributed by atoms with van der Waals surface area (Å²) in [6, 6.07) is 11.5. The Hall–Kier alpha value is -2.22. The maximum Gasteiger partial charge on any atom is 0.152 e. The Kier molecular flexibility index (Phi) is 7.85. The Morgan fingerprint density at radius 1 is 0.943 bits per heavy atom. The molecule has 0 fully saturated rings. The van der Waals surface area contributed by atoms with Crippen LogP contribution in [0.2, 0.25) is 0 Å². The number of benzene rings is 3. The lowest BCUT2D eigenvalue weighted by atomic mass is 9.79. The number of aromatic hydroxyl groups is 1. The Labute approximate surface area is 225 Å². The van der Waals surface area contributed by atoms with Crippen LogP contribution in [0, 0.1) is 9.39 Å². The third kappa shape index (κ3) is 5.79. The Morgan fingerprint density at radius 2 is 1.57 bits per heavy atom. The van der Waals surface area contributed by atoms with E-state index in [1.807, 2.05) is 38.2 Å². The number of phenolic OH excluding ortho intramolecular Hbond substituents is 1. The van der Waals surface area contributed by atoms with E-state index in [0.29, 0.717) is 33.7 Å². The fourth-order valence-corrected chi connectivity index (χ4v) is 4.43. The molecule has 0 heterocycles. The predicted octanol–water partition coefficient (Wildman–Crippen LogP) is 3.05. The molecule has 3 aromatic rings. The second-order valence-corrected chi connectivity index (χ2v) is 12.2. The molecule has 0 aliphatic rings. The smallest absolute Gasteiger partial charge is 0.152 e. The average Bonchev–Trinajstić information content (AvgIpc) is 2.77. The van der Waals surface area contributed by atoms with Gasteiger partial charge in [0.2, 0.25) is 0 Å². The van der Waals surface area contributed by atoms with E-state index in [9.17, 15) is 9.50 Å². The van der Waals surface area contributed by atoms with Crippen molar-refractivity contribution in [1.82, 2.24) is 0 Å². The third-order valence-corrected chi connectivity index (χ3v) is 7.85. The molecule has 0 radical (unpaired) electrons. The van der Waals surface area contributed by atoms with Gasteiger partial charge in [-0.15, -0.1) is 0 Å². The highest BCUT2D eigenvalue weighted by atomic mass is 127. The molecular formula is C27H32B3FINO2. The van der Waals surface area contributed by atoms with E-state index in [2.05, 4.69) is 70.2 Å². The highest BCUT2D eigenvalue weighted by Gasteiger charge is 2.24. The first-order chi connectivity index (χ1) is 16.1. The Morgan fingerprint density at radius 3 is 2.17 bits per heavy atom. The highest BCUT2D eigenvalue weighted by Crippen LogP contribution is 2.38. The molecule has 0 amide bonds. The van der Waals surface area contributed by atoms with Gasteiger partial charge >= 0.3 is 0 Å². The summed E-state index contributed by atoms with van der Waals surface area (Å²) in [5.41, 5.74) is 4.95. The molecule has 0 atom stereocenters. The first-order valence-electron chi connectivity index (χ1n) is 11.8. The van der Waals surface area contributed by atoms with Crippen molar-refractivity contribution in [3.63, 3.8) is 0 Å². The zero-order valence-corrected chi connectivity index (χ0v) is 24.3. The number of hydrogen-bond donors (Lipinski definition) is 1. The summed E-state index contributed by atoms with van der Waals surface area (Å²) < 4.78 is 21.9. The van der Waals surface area contributed by atoms with Crippen LogP contribution in [0.4, 0.5) is 10.1 Å². The third-order valence-electron chi connectivity index (χ3n) is 6.23. The number of rotatable bonds is 4. The number of nitrogens with zero attached hydrogens (tertiary/aromatic N) is 1. The topological polar surface area (TPSA) is 41.8 Å². The first-order valence-corrected chi connectivity index (χ1v) is 12.8. The molecule has 0 spiro atoms. The Bertz CT molecular complexity index is 1280. The van der Waals surface area contributed by atoms with E-state index in [0.717, 1.165) is 20.2 Å². The van der Waals surface area contributed by atoms with Gasteiger partial charge in [-0.1, -0.05) is 59.7 Å². The SMILES string of the molecule is Bc1c(F)c(B)c(Oc2ccccc2/N=C/c2cc(C(C)(C)C)cc(C(C)(C)C)c2O)c(B)c1I. The number of ether oxygens (including phenoxy) is 1. The number of hydrogen-bond acceptors (Lipinski definition) is 3. The summed E-state index contributed by atoms with van der Waals surface area (Å²) in [5, 5.41) is 11.1. The van der Waals surface area contributed by atoms with E-state index < -0.39 is 0 Å². The fourth-order valence-electron chi connectivity index (χ4n) is 3.95. The summed E-state index contributed by atoms with van der Waals surface area (Å²) >= 11 is 2.16. The summed E-state index contributed by atoms with van der Waals surface area (Å²) in [6.45, 7) is 12.7. The van der Waals surface area contributed by atoms with Gasteiger partial charge in [-0.3, -0.25) is 4.99 Å². The van der Waals surface area contributed by atoms with Crippen LogP contribution in [-0.4, -0.2) is 34.9 Å². The van der Waals surface area contributed by atoms with E-state index in [-0.39, 0.29) is 22.4 Å². The van der Waals surface area contributed by atoms with Crippen molar-refractivity contribution < 1.29 is 14.2 Å². The molecule has 0 aliphatic carbocycles. The summed E-state index contributed by atoms with van der Waals surface area (Å²) in [4.78, 5) is 4.70. The number of halogens is 2. The van der Waals surface area contributed by atoms with Crippen LogP contribution in [-0.2, 0) is 10.8 Å². The largest absolute Gasteiger partial charge is 0.507 e. The molecule has 0 saturated heterocycles. The lowest BCUT2D eigenvalue weighted by molar-refractivity contribution is 0.444. The van der Waals surface area contributed by atoms with Crippen molar-refractivity contribution in [2.75, 3.05) is 0 Å². The standard InChI is InChI=1S/C27H32B3FINO2/c1-26(2,3)15-11-14(24(34)16(12-15)27(4,5)6)13-33-17-9-7-8-10-18(17)35-25-20(29)22(31)19(28)23(32)21(25)30/h7-13,34H,28-30H2,1-6H3/b33-13+. The quantitative estimate of drug-likeness (QED) is 0.293. The highest BCUT2D eigenvalue weighted by molar-refractivity contribution is 14.1. The van der Waals surface area contributed by atoms with Gasteiger partial charge < -0.3 is 9.84 Å². The molecular weight excluding hydrogens is 549 g/mol. The van der Waals surface area contributed by atoms with Gasteiger partial charge in [0.1, 0.15) is 46.5 Å². The van der Waals surface area contributed by atoms with Crippen LogP contribution in [0.3, 0.4) is 0 Å². The van der Waals surface area contributed by atoms with E-state index >= 15 is 0 Å². The zero-order valence-electron chi connectivity index (χ0n) is 22.1. The van der Waals surface area contributed by atoms with E-state index in [1.165, 1.54) is 0 Å². The summed E-state index contributed by atoms with van der Waals surface area (Å²) in [6.07, 6.45) is 1.68. The zero-order chi connectivity index (χ0) is 26.3. The normalized spacial score (nSPS) is 12.3. The van der Waals surface area contributed by atoms with Crippen molar-refractivity contribution in [1.29, 1.82) is 0 Å². The first kappa shape index (κ1) is 27.4. The fraction of sp³-hybridized carbons (Fsp3) is 0.296. The minimum Gasteiger partial charge on any atom is -0.507 e. The van der Waals surface area contributed by atoms with Crippen LogP contribution in [0.5, 0.6) is 17.2 Å². The predicted molar refractivity (Wildman–Crippen MR) is 163 cm³/mol. The molecule has 8 heteroatoms. The van der Waals surface area contributed by atoms with Crippen LogP contribution < -0.4 is 21.1 Å². The van der Waals surface area contributed by atoms with Gasteiger partial charge in [-0.05, 0) is 73.6 Å². The molecule has 3 nitrogen and oxygen atoms in total. The molecule has 35 heavy (non-hydrogen) atoms. The lowest BCUT2D eigenvalue weighted by Gasteiger charge is -2.27. The average molecular weight is 581 g/mol. The number of para-hydroxylation sites is 2. The summed E-state index contributed by atoms with van der Waals surface area (Å²) in [5.74, 6) is 1.01. The van der Waals surface area contributed by atoms with Crippen LogP contribution >= 0.6 is 22.6 Å². The molecule has 0 unspecified atom stereocenters. The minimum atomic E-state index is -0.255. The van der Waals surface area contributed by atoms with E-state index in [4.69, 9.17) is 9.73 Å². The van der Waals surface area contributed by atoms with Gasteiger partial charge in [-0.25, -0.2) is 4.39 Å². The molecule has 0 saturated carbocycles. The van der Waals surface area contributed by atoms with Crippen molar-refractivity contribution in [3.05, 3.63) is 62.5 Å². The lowest BCUT2D eigenvalue weighted by Crippen LogP contribution is -2.34. The molecule has 3 rings (SSSR count). The minimum absolute atomic E-state index is 0.0843. The van der Waals surface area contributed by atoms with Gasteiger partial charge in [-0.2, -0.15) is 0 Å². The molecule has 3 aromatic carbocycles. The van der Waals surface area contributed by atoms with Crippen molar-refractivity contribution in [2.45, 2.75) is 52.4 Å². The maximum atomic E-state index is 14.8. The second-order valence-electron chi connectivity index (χ2n) is 11.1. The molecule has 0 aromatic heterocycles. The molecule has 180 valence electrons. The Balaban J connectivity index is 2.09. The molecule has 1 N–H and O–H groups in total. The van der Waals surface area contributed by atoms with Gasteiger partial charge in [0.05, 0.1) is 0 Å². The van der Waals surface area contributed by atoms with Crippen molar-refractivity contribution in [2.24, 2.45) is 4.99 Å². The molecule has 0 bridgehead atoms. The maximum absolute atomic E-state index is 14.8. The van der Waals surface area contributed by atoms with Crippen LogP contribution in [0.15, 0.2) is 41.4 Å². The second kappa shape index (κ2) is 10.0. The van der Waals surface area contributed by atoms with Crippen molar-refractivity contribution >= 4 is 74.4 Å². The van der Waals surface area contributed by atoms with E-state index in [1.54, 1.807) is 21.9 Å². The van der Waals surface area contributed by atoms with Crippen molar-refractivity contribution in [3.8, 4) is 17.2 Å². The number of aliphatic imine (C=N–C) groups is 1. The van der Waals surface area contributed by atoms with Gasteiger partial charge in [0.25, 0.3) is 0 Å².